The summed E-state index contributed by atoms with van der Waals surface area (Å²) in [5, 5.41) is 51.1. The molecule has 8 atom stereocenters. The summed E-state index contributed by atoms with van der Waals surface area (Å²) in [6, 6.07) is 0. The van der Waals surface area contributed by atoms with Crippen LogP contribution in [0.25, 0.3) is 0 Å². The van der Waals surface area contributed by atoms with E-state index in [1.807, 2.05) is 33.8 Å². The van der Waals surface area contributed by atoms with Gasteiger partial charge in [0.15, 0.2) is 0 Å². The van der Waals surface area contributed by atoms with Crippen molar-refractivity contribution in [2.45, 2.75) is 112 Å². The van der Waals surface area contributed by atoms with Crippen molar-refractivity contribution in [3.05, 3.63) is 23.3 Å². The molecule has 0 rings (SSSR count). The number of allylic oxidation sites excluding steroid dienone is 1. The molecule has 0 aliphatic heterocycles. The molecule has 0 aromatic rings. The van der Waals surface area contributed by atoms with Gasteiger partial charge in [-0.2, -0.15) is 0 Å². The number of hydrogen-bond donors (Lipinski definition) is 5. The van der Waals surface area contributed by atoms with E-state index in [2.05, 4.69) is 27.7 Å². The highest BCUT2D eigenvalue weighted by Crippen LogP contribution is 2.27. The van der Waals surface area contributed by atoms with Crippen molar-refractivity contribution in [3.63, 3.8) is 0 Å². The molecule has 0 aliphatic carbocycles. The van der Waals surface area contributed by atoms with Crippen LogP contribution in [-0.4, -0.2) is 56.6 Å². The number of hydrogen-bond acceptors (Lipinski definition) is 5. The van der Waals surface area contributed by atoms with Crippen LogP contribution >= 0.6 is 0 Å². The van der Waals surface area contributed by atoms with Gasteiger partial charge in [0.05, 0.1) is 31.0 Å². The molecular formula is C27H52O5. The average molecular weight is 457 g/mol. The van der Waals surface area contributed by atoms with Crippen LogP contribution in [0.15, 0.2) is 23.3 Å². The van der Waals surface area contributed by atoms with Gasteiger partial charge in [-0.25, -0.2) is 0 Å². The SMILES string of the molecule is CC/C(=C\CO)C(O)C(C)CC(C)/C=C(\C)C(O)C[C@H](O)CC(C)C(C)[C@@H](O)CC(C)C. The van der Waals surface area contributed by atoms with Gasteiger partial charge in [0, 0.05) is 6.42 Å². The van der Waals surface area contributed by atoms with E-state index >= 15 is 0 Å². The molecule has 0 amide bonds. The lowest BCUT2D eigenvalue weighted by Crippen LogP contribution is -2.29. The fourth-order valence-corrected chi connectivity index (χ4v) is 4.56. The molecule has 0 aromatic carbocycles. The third-order valence-electron chi connectivity index (χ3n) is 6.85. The summed E-state index contributed by atoms with van der Waals surface area (Å²) < 4.78 is 0. The number of aliphatic hydroxyl groups excluding tert-OH is 5. The Balaban J connectivity index is 4.75. The van der Waals surface area contributed by atoms with E-state index < -0.39 is 18.3 Å². The van der Waals surface area contributed by atoms with E-state index in [0.29, 0.717) is 18.8 Å². The highest BCUT2D eigenvalue weighted by atomic mass is 16.3. The topological polar surface area (TPSA) is 101 Å². The minimum atomic E-state index is -0.712. The van der Waals surface area contributed by atoms with Crippen LogP contribution in [0.1, 0.15) is 87.5 Å². The van der Waals surface area contributed by atoms with E-state index in [4.69, 9.17) is 5.11 Å². The summed E-state index contributed by atoms with van der Waals surface area (Å²) in [5.74, 6) is 0.903. The Bertz CT molecular complexity index is 556. The van der Waals surface area contributed by atoms with Crippen molar-refractivity contribution < 1.29 is 25.5 Å². The first-order chi connectivity index (χ1) is 14.8. The Morgan fingerprint density at radius 3 is 1.91 bits per heavy atom. The predicted molar refractivity (Wildman–Crippen MR) is 133 cm³/mol. The molecule has 0 bridgehead atoms. The lowest BCUT2D eigenvalue weighted by atomic mass is 9.82. The smallest absolute Gasteiger partial charge is 0.0776 e. The third kappa shape index (κ3) is 11.9. The third-order valence-corrected chi connectivity index (χ3v) is 6.85. The Hall–Kier alpha value is -0.720. The minimum Gasteiger partial charge on any atom is -0.393 e. The Morgan fingerprint density at radius 1 is 0.812 bits per heavy atom. The number of rotatable bonds is 16. The maximum atomic E-state index is 10.6. The summed E-state index contributed by atoms with van der Waals surface area (Å²) in [5.41, 5.74) is 1.69. The van der Waals surface area contributed by atoms with E-state index in [-0.39, 0.29) is 42.8 Å². The van der Waals surface area contributed by atoms with E-state index in [0.717, 1.165) is 24.0 Å². The lowest BCUT2D eigenvalue weighted by Gasteiger charge is -2.28. The molecule has 0 saturated heterocycles. The summed E-state index contributed by atoms with van der Waals surface area (Å²) in [6.07, 6.45) is 4.48. The molecule has 0 fully saturated rings. The molecule has 0 radical (unpaired) electrons. The molecule has 0 heterocycles. The van der Waals surface area contributed by atoms with Crippen molar-refractivity contribution in [2.24, 2.45) is 29.6 Å². The first kappa shape index (κ1) is 31.3. The maximum Gasteiger partial charge on any atom is 0.0776 e. The van der Waals surface area contributed by atoms with Gasteiger partial charge in [0.25, 0.3) is 0 Å². The van der Waals surface area contributed by atoms with Gasteiger partial charge in [0.2, 0.25) is 0 Å². The quantitative estimate of drug-likeness (QED) is 0.221. The van der Waals surface area contributed by atoms with Crippen molar-refractivity contribution in [2.75, 3.05) is 6.61 Å². The van der Waals surface area contributed by atoms with Crippen LogP contribution in [0.2, 0.25) is 0 Å². The zero-order chi connectivity index (χ0) is 25.0. The van der Waals surface area contributed by atoms with Gasteiger partial charge in [-0.3, -0.25) is 0 Å². The van der Waals surface area contributed by atoms with Crippen molar-refractivity contribution in [1.82, 2.24) is 0 Å². The molecule has 32 heavy (non-hydrogen) atoms. The molecule has 6 unspecified atom stereocenters. The summed E-state index contributed by atoms with van der Waals surface area (Å²) in [4.78, 5) is 0. The Morgan fingerprint density at radius 2 is 1.41 bits per heavy atom. The molecule has 0 spiro atoms. The van der Waals surface area contributed by atoms with Gasteiger partial charge in [-0.1, -0.05) is 60.6 Å². The normalized spacial score (nSPS) is 21.1. The minimum absolute atomic E-state index is 0.0362. The highest BCUT2D eigenvalue weighted by Gasteiger charge is 2.25. The van der Waals surface area contributed by atoms with Gasteiger partial charge in [-0.15, -0.1) is 0 Å². The summed E-state index contributed by atoms with van der Waals surface area (Å²) >= 11 is 0. The predicted octanol–water partition coefficient (Wildman–Crippen LogP) is 4.47. The van der Waals surface area contributed by atoms with Crippen molar-refractivity contribution in [1.29, 1.82) is 0 Å². The van der Waals surface area contributed by atoms with Gasteiger partial charge < -0.3 is 25.5 Å². The highest BCUT2D eigenvalue weighted by molar-refractivity contribution is 5.10. The van der Waals surface area contributed by atoms with Crippen LogP contribution in [-0.2, 0) is 0 Å². The molecule has 0 saturated carbocycles. The zero-order valence-electron chi connectivity index (χ0n) is 21.8. The van der Waals surface area contributed by atoms with E-state index in [1.165, 1.54) is 0 Å². The second-order valence-electron chi connectivity index (χ2n) is 10.5. The van der Waals surface area contributed by atoms with Gasteiger partial charge >= 0.3 is 0 Å². The second kappa shape index (κ2) is 16.0. The molecule has 0 aliphatic rings. The van der Waals surface area contributed by atoms with Crippen LogP contribution in [0.5, 0.6) is 0 Å². The first-order valence-corrected chi connectivity index (χ1v) is 12.5. The molecule has 5 nitrogen and oxygen atoms in total. The monoisotopic (exact) mass is 456 g/mol. The standard InChI is InChI=1S/C27H52O5/c1-9-23(10-11-28)27(32)21(7)14-18(4)13-20(6)25(30)16-24(29)15-19(5)22(8)26(31)12-17(2)3/h10,13,17-19,21-22,24-32H,9,11-12,14-16H2,1-8H3/b20-13+,23-10+/t18?,19?,21?,22?,24-,25?,26+,27?/m1/s1. The lowest BCUT2D eigenvalue weighted by molar-refractivity contribution is 0.0358. The van der Waals surface area contributed by atoms with Crippen LogP contribution < -0.4 is 0 Å². The Labute approximate surface area is 197 Å². The Kier molecular flexibility index (Phi) is 15.6. The van der Waals surface area contributed by atoms with Crippen molar-refractivity contribution >= 4 is 0 Å². The zero-order valence-corrected chi connectivity index (χ0v) is 21.8. The van der Waals surface area contributed by atoms with Crippen LogP contribution in [0.3, 0.4) is 0 Å². The van der Waals surface area contributed by atoms with Crippen molar-refractivity contribution in [3.8, 4) is 0 Å². The first-order valence-electron chi connectivity index (χ1n) is 12.5. The largest absolute Gasteiger partial charge is 0.393 e. The molecule has 5 heteroatoms. The van der Waals surface area contributed by atoms with E-state index in [9.17, 15) is 20.4 Å². The molecule has 5 N–H and O–H groups in total. The fraction of sp³-hybridized carbons (Fsp3) is 0.852. The maximum absolute atomic E-state index is 10.6. The second-order valence-corrected chi connectivity index (χ2v) is 10.5. The summed E-state index contributed by atoms with van der Waals surface area (Å²) in [7, 11) is 0. The number of aliphatic hydroxyl groups is 5. The van der Waals surface area contributed by atoms with Crippen LogP contribution in [0.4, 0.5) is 0 Å². The molecule has 0 aromatic heterocycles. The van der Waals surface area contributed by atoms with Crippen LogP contribution in [0, 0.1) is 29.6 Å². The van der Waals surface area contributed by atoms with Gasteiger partial charge in [0.1, 0.15) is 0 Å². The summed E-state index contributed by atoms with van der Waals surface area (Å²) in [6.45, 7) is 16.1. The molecule has 190 valence electrons. The van der Waals surface area contributed by atoms with Gasteiger partial charge in [-0.05, 0) is 73.3 Å². The average Bonchev–Trinajstić information content (AvgIpc) is 2.69. The van der Waals surface area contributed by atoms with E-state index in [1.54, 1.807) is 6.08 Å². The fourth-order valence-electron chi connectivity index (χ4n) is 4.56. The molecular weight excluding hydrogens is 404 g/mol.